The molecule has 0 spiro atoms. The van der Waals surface area contributed by atoms with E-state index in [1.54, 1.807) is 0 Å². The standard InChI is InChI=1S/C14H30N2/c1-6-8-13-9-15-14(11(3)4)10-16(13)12(5)7-2/h11-15H,6-10H2,1-5H3. The summed E-state index contributed by atoms with van der Waals surface area (Å²) in [4.78, 5) is 2.74. The second-order valence-electron chi connectivity index (χ2n) is 5.66. The van der Waals surface area contributed by atoms with Gasteiger partial charge in [0, 0.05) is 31.2 Å². The Balaban J connectivity index is 2.61. The second kappa shape index (κ2) is 6.61. The van der Waals surface area contributed by atoms with Crippen LogP contribution in [0.2, 0.25) is 0 Å². The number of rotatable bonds is 5. The molecule has 0 amide bonds. The van der Waals surface area contributed by atoms with Gasteiger partial charge in [-0.05, 0) is 25.7 Å². The van der Waals surface area contributed by atoms with E-state index in [1.807, 2.05) is 0 Å². The van der Waals surface area contributed by atoms with Gasteiger partial charge in [-0.15, -0.1) is 0 Å². The highest BCUT2D eigenvalue weighted by Gasteiger charge is 2.30. The molecule has 0 bridgehead atoms. The summed E-state index contributed by atoms with van der Waals surface area (Å²) < 4.78 is 0. The Kier molecular flexibility index (Phi) is 5.77. The first-order chi connectivity index (χ1) is 7.60. The quantitative estimate of drug-likeness (QED) is 0.775. The van der Waals surface area contributed by atoms with Gasteiger partial charge < -0.3 is 5.32 Å². The molecule has 1 heterocycles. The highest BCUT2D eigenvalue weighted by atomic mass is 15.3. The summed E-state index contributed by atoms with van der Waals surface area (Å²) >= 11 is 0. The van der Waals surface area contributed by atoms with Gasteiger partial charge in [-0.1, -0.05) is 34.1 Å². The lowest BCUT2D eigenvalue weighted by Crippen LogP contribution is -2.60. The summed E-state index contributed by atoms with van der Waals surface area (Å²) in [7, 11) is 0. The molecule has 0 aromatic rings. The van der Waals surface area contributed by atoms with Crippen molar-refractivity contribution in [3.63, 3.8) is 0 Å². The Bertz CT molecular complexity index is 191. The molecule has 2 heteroatoms. The van der Waals surface area contributed by atoms with Crippen molar-refractivity contribution < 1.29 is 0 Å². The zero-order valence-electron chi connectivity index (χ0n) is 11.8. The maximum atomic E-state index is 3.72. The van der Waals surface area contributed by atoms with Crippen molar-refractivity contribution in [1.82, 2.24) is 10.2 Å². The van der Waals surface area contributed by atoms with E-state index in [2.05, 4.69) is 44.8 Å². The van der Waals surface area contributed by atoms with Crippen LogP contribution in [-0.4, -0.2) is 36.1 Å². The molecular formula is C14H30N2. The van der Waals surface area contributed by atoms with Crippen molar-refractivity contribution >= 4 is 0 Å². The van der Waals surface area contributed by atoms with Gasteiger partial charge >= 0.3 is 0 Å². The molecule has 0 saturated carbocycles. The highest BCUT2D eigenvalue weighted by molar-refractivity contribution is 4.89. The molecule has 3 atom stereocenters. The molecule has 0 aromatic carbocycles. The predicted octanol–water partition coefficient (Wildman–Crippen LogP) is 2.88. The molecule has 1 aliphatic heterocycles. The maximum absolute atomic E-state index is 3.72. The lowest BCUT2D eigenvalue weighted by atomic mass is 9.96. The minimum absolute atomic E-state index is 0.683. The van der Waals surface area contributed by atoms with Gasteiger partial charge in [0.05, 0.1) is 0 Å². The number of nitrogens with zero attached hydrogens (tertiary/aromatic N) is 1. The summed E-state index contributed by atoms with van der Waals surface area (Å²) in [5.41, 5.74) is 0. The normalized spacial score (nSPS) is 29.6. The lowest BCUT2D eigenvalue weighted by Gasteiger charge is -2.45. The van der Waals surface area contributed by atoms with E-state index in [-0.39, 0.29) is 0 Å². The fourth-order valence-corrected chi connectivity index (χ4v) is 2.67. The van der Waals surface area contributed by atoms with Crippen LogP contribution >= 0.6 is 0 Å². The van der Waals surface area contributed by atoms with Gasteiger partial charge in [0.1, 0.15) is 0 Å². The van der Waals surface area contributed by atoms with Crippen LogP contribution in [0.5, 0.6) is 0 Å². The number of piperazine rings is 1. The Morgan fingerprint density at radius 3 is 2.44 bits per heavy atom. The first-order valence-corrected chi connectivity index (χ1v) is 7.09. The first kappa shape index (κ1) is 14.0. The van der Waals surface area contributed by atoms with Crippen LogP contribution in [0.3, 0.4) is 0 Å². The molecule has 0 aromatic heterocycles. The van der Waals surface area contributed by atoms with E-state index < -0.39 is 0 Å². The van der Waals surface area contributed by atoms with Crippen molar-refractivity contribution in [2.75, 3.05) is 13.1 Å². The van der Waals surface area contributed by atoms with Crippen LogP contribution in [0.25, 0.3) is 0 Å². The molecule has 1 N–H and O–H groups in total. The predicted molar refractivity (Wildman–Crippen MR) is 71.8 cm³/mol. The molecule has 1 fully saturated rings. The van der Waals surface area contributed by atoms with Gasteiger partial charge in [0.25, 0.3) is 0 Å². The van der Waals surface area contributed by atoms with Crippen LogP contribution in [0.1, 0.15) is 53.9 Å². The number of nitrogens with one attached hydrogen (secondary N) is 1. The van der Waals surface area contributed by atoms with Crippen LogP contribution in [0.4, 0.5) is 0 Å². The van der Waals surface area contributed by atoms with Crippen LogP contribution in [0, 0.1) is 5.92 Å². The van der Waals surface area contributed by atoms with Gasteiger partial charge in [0.2, 0.25) is 0 Å². The fourth-order valence-electron chi connectivity index (χ4n) is 2.67. The van der Waals surface area contributed by atoms with Gasteiger partial charge in [-0.25, -0.2) is 0 Å². The van der Waals surface area contributed by atoms with E-state index in [0.29, 0.717) is 6.04 Å². The Morgan fingerprint density at radius 1 is 1.25 bits per heavy atom. The van der Waals surface area contributed by atoms with Gasteiger partial charge in [-0.2, -0.15) is 0 Å². The third kappa shape index (κ3) is 3.46. The molecule has 3 unspecified atom stereocenters. The Hall–Kier alpha value is -0.0800. The molecule has 0 radical (unpaired) electrons. The SMILES string of the molecule is CCCC1CNC(C(C)C)CN1C(C)CC. The van der Waals surface area contributed by atoms with Crippen LogP contribution in [-0.2, 0) is 0 Å². The van der Waals surface area contributed by atoms with E-state index in [9.17, 15) is 0 Å². The topological polar surface area (TPSA) is 15.3 Å². The maximum Gasteiger partial charge on any atom is 0.0224 e. The van der Waals surface area contributed by atoms with Crippen LogP contribution in [0.15, 0.2) is 0 Å². The molecule has 1 rings (SSSR count). The summed E-state index contributed by atoms with van der Waals surface area (Å²) in [5, 5.41) is 3.72. The van der Waals surface area contributed by atoms with Gasteiger partial charge in [-0.3, -0.25) is 4.90 Å². The van der Waals surface area contributed by atoms with E-state index in [4.69, 9.17) is 0 Å². The van der Waals surface area contributed by atoms with Crippen molar-refractivity contribution in [2.45, 2.75) is 72.0 Å². The molecule has 0 aliphatic carbocycles. The molecule has 1 aliphatic rings. The average Bonchev–Trinajstić information content (AvgIpc) is 2.28. The van der Waals surface area contributed by atoms with Crippen molar-refractivity contribution in [2.24, 2.45) is 5.92 Å². The summed E-state index contributed by atoms with van der Waals surface area (Å²) in [6, 6.07) is 2.18. The lowest BCUT2D eigenvalue weighted by molar-refractivity contribution is 0.0693. The van der Waals surface area contributed by atoms with E-state index >= 15 is 0 Å². The van der Waals surface area contributed by atoms with Crippen molar-refractivity contribution in [1.29, 1.82) is 0 Å². The minimum Gasteiger partial charge on any atom is -0.311 e. The highest BCUT2D eigenvalue weighted by Crippen LogP contribution is 2.19. The third-order valence-electron chi connectivity index (χ3n) is 4.08. The fraction of sp³-hybridized carbons (Fsp3) is 1.00. The zero-order valence-corrected chi connectivity index (χ0v) is 11.8. The molecule has 16 heavy (non-hydrogen) atoms. The molecular weight excluding hydrogens is 196 g/mol. The molecule has 2 nitrogen and oxygen atoms in total. The Morgan fingerprint density at radius 2 is 1.94 bits per heavy atom. The zero-order chi connectivity index (χ0) is 12.1. The smallest absolute Gasteiger partial charge is 0.0224 e. The summed E-state index contributed by atoms with van der Waals surface area (Å²) in [5.74, 6) is 0.745. The number of hydrogen-bond acceptors (Lipinski definition) is 2. The number of hydrogen-bond donors (Lipinski definition) is 1. The second-order valence-corrected chi connectivity index (χ2v) is 5.66. The Labute approximate surface area is 102 Å². The molecule has 1 saturated heterocycles. The van der Waals surface area contributed by atoms with Crippen LogP contribution < -0.4 is 5.32 Å². The van der Waals surface area contributed by atoms with E-state index in [0.717, 1.165) is 18.0 Å². The minimum atomic E-state index is 0.683. The molecule has 96 valence electrons. The van der Waals surface area contributed by atoms with Crippen molar-refractivity contribution in [3.05, 3.63) is 0 Å². The van der Waals surface area contributed by atoms with E-state index in [1.165, 1.54) is 32.4 Å². The summed E-state index contributed by atoms with van der Waals surface area (Å²) in [6.07, 6.45) is 3.90. The third-order valence-corrected chi connectivity index (χ3v) is 4.08. The monoisotopic (exact) mass is 226 g/mol. The summed E-state index contributed by atoms with van der Waals surface area (Å²) in [6.45, 7) is 14.0. The van der Waals surface area contributed by atoms with Gasteiger partial charge in [0.15, 0.2) is 0 Å². The first-order valence-electron chi connectivity index (χ1n) is 7.09. The van der Waals surface area contributed by atoms with Crippen molar-refractivity contribution in [3.8, 4) is 0 Å². The average molecular weight is 226 g/mol. The largest absolute Gasteiger partial charge is 0.311 e.